The summed E-state index contributed by atoms with van der Waals surface area (Å²) in [6.07, 6.45) is 5.01. The summed E-state index contributed by atoms with van der Waals surface area (Å²) < 4.78 is 4.79. The SMILES string of the molecule is CC(=O)N1CCCC(Nc2ncccc2-c2ncon2)C1. The van der Waals surface area contributed by atoms with Gasteiger partial charge in [-0.2, -0.15) is 4.98 Å². The van der Waals surface area contributed by atoms with Crippen LogP contribution >= 0.6 is 0 Å². The number of carbonyl (C=O) groups excluding carboxylic acids is 1. The summed E-state index contributed by atoms with van der Waals surface area (Å²) >= 11 is 0. The van der Waals surface area contributed by atoms with Crippen LogP contribution in [0, 0.1) is 0 Å². The number of rotatable bonds is 3. The number of carbonyl (C=O) groups is 1. The number of hydrogen-bond acceptors (Lipinski definition) is 6. The number of likely N-dealkylation sites (tertiary alicyclic amines) is 1. The number of amides is 1. The Hall–Kier alpha value is -2.44. The fraction of sp³-hybridized carbons (Fsp3) is 0.429. The molecular weight excluding hydrogens is 270 g/mol. The summed E-state index contributed by atoms with van der Waals surface area (Å²) in [5.41, 5.74) is 0.797. The minimum absolute atomic E-state index is 0.112. The van der Waals surface area contributed by atoms with Gasteiger partial charge in [-0.3, -0.25) is 4.79 Å². The zero-order valence-corrected chi connectivity index (χ0v) is 11.8. The number of anilines is 1. The quantitative estimate of drug-likeness (QED) is 0.922. The van der Waals surface area contributed by atoms with E-state index in [4.69, 9.17) is 4.52 Å². The molecule has 21 heavy (non-hydrogen) atoms. The Morgan fingerprint density at radius 3 is 3.14 bits per heavy atom. The van der Waals surface area contributed by atoms with Gasteiger partial charge in [0.25, 0.3) is 0 Å². The number of nitrogens with zero attached hydrogens (tertiary/aromatic N) is 4. The molecule has 2 aromatic heterocycles. The Morgan fingerprint density at radius 1 is 1.48 bits per heavy atom. The minimum atomic E-state index is 0.112. The molecule has 1 fully saturated rings. The molecule has 0 saturated carbocycles. The maximum atomic E-state index is 11.5. The molecule has 7 heteroatoms. The van der Waals surface area contributed by atoms with E-state index in [1.165, 1.54) is 6.39 Å². The van der Waals surface area contributed by atoms with Crippen molar-refractivity contribution in [2.24, 2.45) is 0 Å². The van der Waals surface area contributed by atoms with Crippen molar-refractivity contribution in [1.29, 1.82) is 0 Å². The van der Waals surface area contributed by atoms with Gasteiger partial charge in [-0.1, -0.05) is 5.16 Å². The van der Waals surface area contributed by atoms with Crippen molar-refractivity contribution in [2.75, 3.05) is 18.4 Å². The topological polar surface area (TPSA) is 84.2 Å². The standard InChI is InChI=1S/C14H17N5O2/c1-10(20)19-7-3-4-11(8-19)17-13-12(5-2-6-15-13)14-16-9-21-18-14/h2,5-6,9,11H,3-4,7-8H2,1H3,(H,15,17). The molecular formula is C14H17N5O2. The smallest absolute Gasteiger partial charge is 0.219 e. The number of nitrogens with one attached hydrogen (secondary N) is 1. The van der Waals surface area contributed by atoms with Gasteiger partial charge in [0.15, 0.2) is 0 Å². The van der Waals surface area contributed by atoms with E-state index in [1.807, 2.05) is 17.0 Å². The van der Waals surface area contributed by atoms with E-state index in [-0.39, 0.29) is 11.9 Å². The molecule has 0 aromatic carbocycles. The molecule has 1 N–H and O–H groups in total. The summed E-state index contributed by atoms with van der Waals surface area (Å²) in [6.45, 7) is 3.12. The van der Waals surface area contributed by atoms with Gasteiger partial charge in [0.1, 0.15) is 5.82 Å². The largest absolute Gasteiger partial charge is 0.365 e. The van der Waals surface area contributed by atoms with Crippen LogP contribution in [0.25, 0.3) is 11.4 Å². The maximum absolute atomic E-state index is 11.5. The first-order chi connectivity index (χ1) is 10.2. The lowest BCUT2D eigenvalue weighted by Gasteiger charge is -2.33. The zero-order valence-electron chi connectivity index (χ0n) is 11.8. The molecule has 3 rings (SSSR count). The van der Waals surface area contributed by atoms with Crippen LogP contribution in [-0.2, 0) is 4.79 Å². The first-order valence-corrected chi connectivity index (χ1v) is 6.98. The first kappa shape index (κ1) is 13.5. The van der Waals surface area contributed by atoms with Gasteiger partial charge in [-0.05, 0) is 25.0 Å². The van der Waals surface area contributed by atoms with Crippen LogP contribution in [0.2, 0.25) is 0 Å². The number of piperidine rings is 1. The molecule has 1 saturated heterocycles. The minimum Gasteiger partial charge on any atom is -0.365 e. The Kier molecular flexibility index (Phi) is 3.81. The molecule has 1 atom stereocenters. The Balaban J connectivity index is 1.77. The highest BCUT2D eigenvalue weighted by molar-refractivity contribution is 5.73. The van der Waals surface area contributed by atoms with Crippen molar-refractivity contribution >= 4 is 11.7 Å². The van der Waals surface area contributed by atoms with Crippen LogP contribution in [0.15, 0.2) is 29.2 Å². The molecule has 0 bridgehead atoms. The first-order valence-electron chi connectivity index (χ1n) is 6.98. The number of aromatic nitrogens is 3. The highest BCUT2D eigenvalue weighted by Gasteiger charge is 2.22. The predicted molar refractivity (Wildman–Crippen MR) is 76.4 cm³/mol. The van der Waals surface area contributed by atoms with Crippen LogP contribution in [0.4, 0.5) is 5.82 Å². The molecule has 2 aromatic rings. The predicted octanol–water partition coefficient (Wildman–Crippen LogP) is 1.55. The second kappa shape index (κ2) is 5.90. The molecule has 1 amide bonds. The Morgan fingerprint density at radius 2 is 2.38 bits per heavy atom. The molecule has 3 heterocycles. The summed E-state index contributed by atoms with van der Waals surface area (Å²) in [5, 5.41) is 7.25. The third-order valence-electron chi connectivity index (χ3n) is 3.62. The third-order valence-corrected chi connectivity index (χ3v) is 3.62. The molecule has 0 aliphatic carbocycles. The normalized spacial score (nSPS) is 18.5. The second-order valence-electron chi connectivity index (χ2n) is 5.10. The van der Waals surface area contributed by atoms with Gasteiger partial charge < -0.3 is 14.7 Å². The van der Waals surface area contributed by atoms with Gasteiger partial charge in [0.05, 0.1) is 5.56 Å². The monoisotopic (exact) mass is 287 g/mol. The van der Waals surface area contributed by atoms with Crippen LogP contribution in [-0.4, -0.2) is 45.1 Å². The van der Waals surface area contributed by atoms with E-state index in [9.17, 15) is 4.79 Å². The van der Waals surface area contributed by atoms with Crippen molar-refractivity contribution in [3.8, 4) is 11.4 Å². The zero-order chi connectivity index (χ0) is 14.7. The number of hydrogen-bond donors (Lipinski definition) is 1. The summed E-state index contributed by atoms with van der Waals surface area (Å²) in [6, 6.07) is 3.91. The van der Waals surface area contributed by atoms with Crippen molar-refractivity contribution in [2.45, 2.75) is 25.8 Å². The van der Waals surface area contributed by atoms with Crippen LogP contribution < -0.4 is 5.32 Å². The van der Waals surface area contributed by atoms with E-state index in [0.29, 0.717) is 18.2 Å². The maximum Gasteiger partial charge on any atom is 0.219 e. The van der Waals surface area contributed by atoms with Gasteiger partial charge >= 0.3 is 0 Å². The highest BCUT2D eigenvalue weighted by atomic mass is 16.5. The van der Waals surface area contributed by atoms with Crippen molar-refractivity contribution in [1.82, 2.24) is 20.0 Å². The summed E-state index contributed by atoms with van der Waals surface area (Å²) in [4.78, 5) is 21.8. The number of pyridine rings is 1. The van der Waals surface area contributed by atoms with Crippen LogP contribution in [0.1, 0.15) is 19.8 Å². The van der Waals surface area contributed by atoms with Crippen molar-refractivity contribution in [3.05, 3.63) is 24.7 Å². The van der Waals surface area contributed by atoms with Crippen LogP contribution in [0.3, 0.4) is 0 Å². The molecule has 0 radical (unpaired) electrons. The molecule has 1 aliphatic rings. The lowest BCUT2D eigenvalue weighted by molar-refractivity contribution is -0.129. The average molecular weight is 287 g/mol. The van der Waals surface area contributed by atoms with E-state index < -0.39 is 0 Å². The summed E-state index contributed by atoms with van der Waals surface area (Å²) in [7, 11) is 0. The van der Waals surface area contributed by atoms with E-state index in [1.54, 1.807) is 13.1 Å². The molecule has 0 spiro atoms. The lowest BCUT2D eigenvalue weighted by atomic mass is 10.1. The second-order valence-corrected chi connectivity index (χ2v) is 5.10. The van der Waals surface area contributed by atoms with Gasteiger partial charge in [-0.15, -0.1) is 0 Å². The molecule has 1 unspecified atom stereocenters. The van der Waals surface area contributed by atoms with Gasteiger partial charge in [0, 0.05) is 32.3 Å². The molecule has 1 aliphatic heterocycles. The van der Waals surface area contributed by atoms with E-state index in [2.05, 4.69) is 20.4 Å². The molecule has 110 valence electrons. The summed E-state index contributed by atoms with van der Waals surface area (Å²) in [5.74, 6) is 1.33. The average Bonchev–Trinajstić information content (AvgIpc) is 3.02. The molecule has 7 nitrogen and oxygen atoms in total. The van der Waals surface area contributed by atoms with Gasteiger partial charge in [-0.25, -0.2) is 4.98 Å². The highest BCUT2D eigenvalue weighted by Crippen LogP contribution is 2.24. The van der Waals surface area contributed by atoms with E-state index >= 15 is 0 Å². The van der Waals surface area contributed by atoms with Gasteiger partial charge in [0.2, 0.25) is 18.1 Å². The van der Waals surface area contributed by atoms with Crippen molar-refractivity contribution < 1.29 is 9.32 Å². The third kappa shape index (κ3) is 3.01. The van der Waals surface area contributed by atoms with E-state index in [0.717, 1.165) is 24.9 Å². The van der Waals surface area contributed by atoms with Crippen molar-refractivity contribution in [3.63, 3.8) is 0 Å². The fourth-order valence-electron chi connectivity index (χ4n) is 2.56. The fourth-order valence-corrected chi connectivity index (χ4v) is 2.56. The lowest BCUT2D eigenvalue weighted by Crippen LogP contribution is -2.44. The Bertz CT molecular complexity index is 614. The Labute approximate surface area is 122 Å². The van der Waals surface area contributed by atoms with Crippen LogP contribution in [0.5, 0.6) is 0 Å².